The molecule has 166 valence electrons. The molecule has 0 N–H and O–H groups in total. The van der Waals surface area contributed by atoms with Crippen LogP contribution in [0.3, 0.4) is 0 Å². The Balaban J connectivity index is 1.58. The smallest absolute Gasteiger partial charge is 0.263 e. The van der Waals surface area contributed by atoms with Crippen LogP contribution in [0, 0.1) is 13.8 Å². The first-order valence-corrected chi connectivity index (χ1v) is 11.2. The van der Waals surface area contributed by atoms with Crippen LogP contribution < -0.4 is 4.74 Å². The molecule has 31 heavy (non-hydrogen) atoms. The molecule has 1 heterocycles. The number of ether oxygens (including phenoxy) is 1. The summed E-state index contributed by atoms with van der Waals surface area (Å²) in [6.07, 6.45) is 0.199. The molecule has 1 saturated heterocycles. The van der Waals surface area contributed by atoms with E-state index in [2.05, 4.69) is 13.8 Å². The molecule has 1 unspecified atom stereocenters. The third-order valence-electron chi connectivity index (χ3n) is 6.06. The molecule has 0 radical (unpaired) electrons. The van der Waals surface area contributed by atoms with Gasteiger partial charge in [0.25, 0.3) is 11.8 Å². The number of amides is 2. The SMILES string of the molecule is Cc1ccc(C(=O)N2CCCN(C(=O)C(C)Oc3ccc(C(C)C)cc3)CC2)cc1C. The van der Waals surface area contributed by atoms with Gasteiger partial charge in [-0.15, -0.1) is 0 Å². The highest BCUT2D eigenvalue weighted by atomic mass is 16.5. The van der Waals surface area contributed by atoms with E-state index in [0.29, 0.717) is 43.4 Å². The Morgan fingerprint density at radius 2 is 1.48 bits per heavy atom. The summed E-state index contributed by atoms with van der Waals surface area (Å²) in [5.41, 5.74) is 4.25. The molecule has 2 aromatic rings. The van der Waals surface area contributed by atoms with Crippen molar-refractivity contribution < 1.29 is 14.3 Å². The van der Waals surface area contributed by atoms with Crippen molar-refractivity contribution in [2.75, 3.05) is 26.2 Å². The Labute approximate surface area is 186 Å². The first kappa shape index (κ1) is 22.9. The molecule has 1 aliphatic rings. The van der Waals surface area contributed by atoms with Gasteiger partial charge in [-0.2, -0.15) is 0 Å². The highest BCUT2D eigenvalue weighted by Gasteiger charge is 2.26. The topological polar surface area (TPSA) is 49.9 Å². The van der Waals surface area contributed by atoms with Gasteiger partial charge >= 0.3 is 0 Å². The van der Waals surface area contributed by atoms with E-state index < -0.39 is 6.10 Å². The van der Waals surface area contributed by atoms with E-state index in [9.17, 15) is 9.59 Å². The molecule has 1 fully saturated rings. The molecular weight excluding hydrogens is 388 g/mol. The van der Waals surface area contributed by atoms with Crippen LogP contribution in [0.15, 0.2) is 42.5 Å². The summed E-state index contributed by atoms with van der Waals surface area (Å²) in [6.45, 7) is 12.5. The second-order valence-corrected chi connectivity index (χ2v) is 8.75. The molecular formula is C26H34N2O3. The average molecular weight is 423 g/mol. The molecule has 1 aliphatic heterocycles. The van der Waals surface area contributed by atoms with E-state index in [4.69, 9.17) is 4.74 Å². The molecule has 0 aliphatic carbocycles. The van der Waals surface area contributed by atoms with Crippen molar-refractivity contribution in [2.24, 2.45) is 0 Å². The van der Waals surface area contributed by atoms with Crippen LogP contribution in [0.2, 0.25) is 0 Å². The largest absolute Gasteiger partial charge is 0.481 e. The van der Waals surface area contributed by atoms with Crippen LogP contribution in [-0.2, 0) is 4.79 Å². The zero-order chi connectivity index (χ0) is 22.5. The zero-order valence-electron chi connectivity index (χ0n) is 19.4. The number of aryl methyl sites for hydroxylation is 2. The Hall–Kier alpha value is -2.82. The van der Waals surface area contributed by atoms with Crippen molar-refractivity contribution in [1.82, 2.24) is 9.80 Å². The monoisotopic (exact) mass is 422 g/mol. The Bertz CT molecular complexity index is 921. The maximum atomic E-state index is 13.0. The van der Waals surface area contributed by atoms with E-state index in [1.165, 1.54) is 11.1 Å². The second kappa shape index (κ2) is 9.99. The second-order valence-electron chi connectivity index (χ2n) is 8.75. The lowest BCUT2D eigenvalue weighted by molar-refractivity contribution is -0.137. The highest BCUT2D eigenvalue weighted by Crippen LogP contribution is 2.20. The van der Waals surface area contributed by atoms with E-state index in [1.807, 2.05) is 66.1 Å². The number of rotatable bonds is 5. The summed E-state index contributed by atoms with van der Waals surface area (Å²) in [6, 6.07) is 13.8. The van der Waals surface area contributed by atoms with Gasteiger partial charge in [-0.3, -0.25) is 9.59 Å². The molecule has 5 heteroatoms. The van der Waals surface area contributed by atoms with Crippen molar-refractivity contribution in [3.8, 4) is 5.75 Å². The van der Waals surface area contributed by atoms with Gasteiger partial charge in [-0.1, -0.05) is 32.0 Å². The van der Waals surface area contributed by atoms with Gasteiger partial charge in [-0.25, -0.2) is 0 Å². The molecule has 0 bridgehead atoms. The van der Waals surface area contributed by atoms with E-state index in [1.54, 1.807) is 6.92 Å². The third kappa shape index (κ3) is 5.66. The summed E-state index contributed by atoms with van der Waals surface area (Å²) >= 11 is 0. The third-order valence-corrected chi connectivity index (χ3v) is 6.06. The van der Waals surface area contributed by atoms with Crippen LogP contribution in [0.1, 0.15) is 60.2 Å². The predicted molar refractivity (Wildman–Crippen MR) is 124 cm³/mol. The number of hydrogen-bond donors (Lipinski definition) is 0. The maximum Gasteiger partial charge on any atom is 0.263 e. The number of hydrogen-bond acceptors (Lipinski definition) is 3. The summed E-state index contributed by atoms with van der Waals surface area (Å²) in [7, 11) is 0. The summed E-state index contributed by atoms with van der Waals surface area (Å²) in [5, 5.41) is 0. The fraction of sp³-hybridized carbons (Fsp3) is 0.462. The predicted octanol–water partition coefficient (Wildman–Crippen LogP) is 4.57. The molecule has 1 atom stereocenters. The summed E-state index contributed by atoms with van der Waals surface area (Å²) < 4.78 is 5.90. The minimum absolute atomic E-state index is 0.0339. The Morgan fingerprint density at radius 3 is 2.13 bits per heavy atom. The summed E-state index contributed by atoms with van der Waals surface area (Å²) in [5.74, 6) is 1.16. The van der Waals surface area contributed by atoms with Gasteiger partial charge in [0.1, 0.15) is 5.75 Å². The lowest BCUT2D eigenvalue weighted by Crippen LogP contribution is -2.43. The number of benzene rings is 2. The lowest BCUT2D eigenvalue weighted by Gasteiger charge is -2.25. The molecule has 0 spiro atoms. The van der Waals surface area contributed by atoms with Gasteiger partial charge in [-0.05, 0) is 74.1 Å². The normalized spacial score (nSPS) is 15.5. The first-order valence-electron chi connectivity index (χ1n) is 11.2. The van der Waals surface area contributed by atoms with Crippen LogP contribution in [0.25, 0.3) is 0 Å². The minimum atomic E-state index is -0.563. The van der Waals surface area contributed by atoms with Crippen molar-refractivity contribution in [3.63, 3.8) is 0 Å². The first-order chi connectivity index (χ1) is 14.8. The number of carbonyl (C=O) groups is 2. The van der Waals surface area contributed by atoms with E-state index in [0.717, 1.165) is 12.0 Å². The van der Waals surface area contributed by atoms with Gasteiger partial charge in [0.2, 0.25) is 0 Å². The molecule has 2 aromatic carbocycles. The minimum Gasteiger partial charge on any atom is -0.481 e. The molecule has 5 nitrogen and oxygen atoms in total. The molecule has 0 saturated carbocycles. The number of nitrogens with zero attached hydrogens (tertiary/aromatic N) is 2. The van der Waals surface area contributed by atoms with Crippen LogP contribution in [0.5, 0.6) is 5.75 Å². The highest BCUT2D eigenvalue weighted by molar-refractivity contribution is 5.94. The van der Waals surface area contributed by atoms with Crippen molar-refractivity contribution in [3.05, 3.63) is 64.7 Å². The van der Waals surface area contributed by atoms with Crippen LogP contribution >= 0.6 is 0 Å². The maximum absolute atomic E-state index is 13.0. The quantitative estimate of drug-likeness (QED) is 0.709. The average Bonchev–Trinajstić information content (AvgIpc) is 3.01. The van der Waals surface area contributed by atoms with Crippen LogP contribution in [-0.4, -0.2) is 53.9 Å². The van der Waals surface area contributed by atoms with Crippen molar-refractivity contribution >= 4 is 11.8 Å². The van der Waals surface area contributed by atoms with Gasteiger partial charge in [0, 0.05) is 31.7 Å². The fourth-order valence-electron chi connectivity index (χ4n) is 3.84. The zero-order valence-corrected chi connectivity index (χ0v) is 19.4. The molecule has 3 rings (SSSR count). The summed E-state index contributed by atoms with van der Waals surface area (Å²) in [4.78, 5) is 29.6. The van der Waals surface area contributed by atoms with Crippen LogP contribution in [0.4, 0.5) is 0 Å². The van der Waals surface area contributed by atoms with Gasteiger partial charge < -0.3 is 14.5 Å². The van der Waals surface area contributed by atoms with Crippen molar-refractivity contribution in [2.45, 2.75) is 53.1 Å². The molecule has 0 aromatic heterocycles. The Morgan fingerprint density at radius 1 is 0.839 bits per heavy atom. The van der Waals surface area contributed by atoms with Gasteiger partial charge in [0.15, 0.2) is 6.10 Å². The van der Waals surface area contributed by atoms with E-state index >= 15 is 0 Å². The Kier molecular flexibility index (Phi) is 7.37. The van der Waals surface area contributed by atoms with Crippen molar-refractivity contribution in [1.29, 1.82) is 0 Å². The molecule has 2 amide bonds. The standard InChI is InChI=1S/C26H34N2O3/c1-18(2)22-9-11-24(12-10-22)31-21(5)25(29)27-13-6-14-28(16-15-27)26(30)23-8-7-19(3)20(4)17-23/h7-12,17-18,21H,6,13-16H2,1-5H3. The fourth-order valence-corrected chi connectivity index (χ4v) is 3.84. The van der Waals surface area contributed by atoms with E-state index in [-0.39, 0.29) is 11.8 Å². The van der Waals surface area contributed by atoms with Gasteiger partial charge in [0.05, 0.1) is 0 Å². The number of carbonyl (C=O) groups excluding carboxylic acids is 2. The lowest BCUT2D eigenvalue weighted by atomic mass is 10.0.